The van der Waals surface area contributed by atoms with E-state index in [-0.39, 0.29) is 17.9 Å². The van der Waals surface area contributed by atoms with Crippen LogP contribution in [0.3, 0.4) is 0 Å². The van der Waals surface area contributed by atoms with Crippen molar-refractivity contribution in [1.29, 1.82) is 0 Å². The molecule has 4 rings (SSSR count). The van der Waals surface area contributed by atoms with Crippen molar-refractivity contribution in [1.82, 2.24) is 14.9 Å². The summed E-state index contributed by atoms with van der Waals surface area (Å²) in [6.07, 6.45) is -1.74. The lowest BCUT2D eigenvalue weighted by molar-refractivity contribution is -0.137. The summed E-state index contributed by atoms with van der Waals surface area (Å²) in [6, 6.07) is 13.8. The number of halogens is 3. The standard InChI is InChI=1S/C27H29F3N4O/c1-17-9-11-21(23-8-4-7-19(3)33-23)22(14-17)26(35)34-13-5-6-18(2)24(34)16-32-25-12-10-20(15-31-25)27(28,29)30/h4,7-12,14-15,18,24H,5-6,13,16H2,1-3H3,(H,31,32). The molecule has 1 N–H and O–H groups in total. The van der Waals surface area contributed by atoms with Gasteiger partial charge in [-0.2, -0.15) is 13.2 Å². The van der Waals surface area contributed by atoms with E-state index in [1.165, 1.54) is 6.07 Å². The maximum Gasteiger partial charge on any atom is 0.417 e. The molecule has 1 amide bonds. The van der Waals surface area contributed by atoms with Gasteiger partial charge in [0, 0.05) is 36.1 Å². The fraction of sp³-hybridized carbons (Fsp3) is 0.370. The predicted molar refractivity (Wildman–Crippen MR) is 130 cm³/mol. The van der Waals surface area contributed by atoms with Gasteiger partial charge in [-0.1, -0.05) is 30.7 Å². The number of alkyl halides is 3. The number of carbonyl (C=O) groups excluding carboxylic acids is 1. The van der Waals surface area contributed by atoms with Crippen LogP contribution in [0.15, 0.2) is 54.7 Å². The second-order valence-corrected chi connectivity index (χ2v) is 9.21. The van der Waals surface area contributed by atoms with Crippen LogP contribution in [-0.2, 0) is 6.18 Å². The van der Waals surface area contributed by atoms with E-state index in [9.17, 15) is 18.0 Å². The molecule has 184 valence electrons. The average molecular weight is 483 g/mol. The number of nitrogens with zero attached hydrogens (tertiary/aromatic N) is 3. The number of carbonyl (C=O) groups is 1. The molecular weight excluding hydrogens is 453 g/mol. The minimum atomic E-state index is -4.43. The Kier molecular flexibility index (Phi) is 7.10. The number of likely N-dealkylation sites (tertiary alicyclic amines) is 1. The van der Waals surface area contributed by atoms with Crippen LogP contribution in [0.2, 0.25) is 0 Å². The van der Waals surface area contributed by atoms with Crippen molar-refractivity contribution < 1.29 is 18.0 Å². The summed E-state index contributed by atoms with van der Waals surface area (Å²) >= 11 is 0. The first-order valence-corrected chi connectivity index (χ1v) is 11.8. The topological polar surface area (TPSA) is 58.1 Å². The molecule has 2 atom stereocenters. The van der Waals surface area contributed by atoms with Gasteiger partial charge in [0.05, 0.1) is 17.3 Å². The second kappa shape index (κ2) is 10.1. The summed E-state index contributed by atoms with van der Waals surface area (Å²) < 4.78 is 38.5. The van der Waals surface area contributed by atoms with Gasteiger partial charge < -0.3 is 10.2 Å². The van der Waals surface area contributed by atoms with Crippen molar-refractivity contribution in [3.63, 3.8) is 0 Å². The van der Waals surface area contributed by atoms with E-state index in [1.807, 2.05) is 55.1 Å². The lowest BCUT2D eigenvalue weighted by Gasteiger charge is -2.40. The lowest BCUT2D eigenvalue weighted by atomic mass is 9.89. The molecule has 1 aliphatic heterocycles. The van der Waals surface area contributed by atoms with Crippen LogP contribution < -0.4 is 5.32 Å². The maximum absolute atomic E-state index is 13.9. The van der Waals surface area contributed by atoms with Gasteiger partial charge >= 0.3 is 6.18 Å². The second-order valence-electron chi connectivity index (χ2n) is 9.21. The number of benzene rings is 1. The normalized spacial score (nSPS) is 18.4. The SMILES string of the molecule is Cc1ccc(-c2cccc(C)n2)c(C(=O)N2CCCC(C)C2CNc2ccc(C(F)(F)F)cn2)c1. The van der Waals surface area contributed by atoms with Gasteiger partial charge in [0.2, 0.25) is 0 Å². The van der Waals surface area contributed by atoms with E-state index in [2.05, 4.69) is 22.2 Å². The van der Waals surface area contributed by atoms with Crippen LogP contribution in [0.5, 0.6) is 0 Å². The largest absolute Gasteiger partial charge is 0.417 e. The maximum atomic E-state index is 13.9. The Balaban J connectivity index is 1.58. The molecule has 3 heterocycles. The van der Waals surface area contributed by atoms with Gasteiger partial charge in [-0.05, 0) is 62.9 Å². The van der Waals surface area contributed by atoms with Crippen molar-refractivity contribution in [3.05, 3.63) is 77.1 Å². The molecule has 3 aromatic rings. The van der Waals surface area contributed by atoms with E-state index < -0.39 is 11.7 Å². The summed E-state index contributed by atoms with van der Waals surface area (Å²) in [6.45, 7) is 6.99. The molecule has 1 fully saturated rings. The minimum absolute atomic E-state index is 0.0641. The lowest BCUT2D eigenvalue weighted by Crippen LogP contribution is -2.51. The molecule has 2 unspecified atom stereocenters. The van der Waals surface area contributed by atoms with Crippen molar-refractivity contribution >= 4 is 11.7 Å². The molecule has 5 nitrogen and oxygen atoms in total. The van der Waals surface area contributed by atoms with Crippen LogP contribution in [0, 0.1) is 19.8 Å². The Morgan fingerprint density at radius 2 is 1.94 bits per heavy atom. The Labute approximate surface area is 203 Å². The van der Waals surface area contributed by atoms with E-state index in [0.717, 1.165) is 47.6 Å². The van der Waals surface area contributed by atoms with Gasteiger partial charge in [0.25, 0.3) is 5.91 Å². The Morgan fingerprint density at radius 1 is 1.14 bits per heavy atom. The first-order valence-electron chi connectivity index (χ1n) is 11.8. The summed E-state index contributed by atoms with van der Waals surface area (Å²) in [4.78, 5) is 24.3. The highest BCUT2D eigenvalue weighted by molar-refractivity contribution is 6.01. The number of nitrogens with one attached hydrogen (secondary N) is 1. The number of aryl methyl sites for hydroxylation is 2. The number of aromatic nitrogens is 2. The van der Waals surface area contributed by atoms with E-state index in [1.54, 1.807) is 0 Å². The third-order valence-corrected chi connectivity index (χ3v) is 6.53. The van der Waals surface area contributed by atoms with E-state index in [0.29, 0.717) is 24.5 Å². The third kappa shape index (κ3) is 5.63. The number of piperidine rings is 1. The molecule has 0 radical (unpaired) electrons. The van der Waals surface area contributed by atoms with Crippen molar-refractivity contribution in [2.24, 2.45) is 5.92 Å². The number of pyridine rings is 2. The molecule has 8 heteroatoms. The number of hydrogen-bond donors (Lipinski definition) is 1. The van der Waals surface area contributed by atoms with Gasteiger partial charge in [0.15, 0.2) is 0 Å². The molecule has 1 saturated heterocycles. The van der Waals surface area contributed by atoms with Gasteiger partial charge in [-0.15, -0.1) is 0 Å². The molecule has 1 aromatic carbocycles. The van der Waals surface area contributed by atoms with Crippen LogP contribution in [-0.4, -0.2) is 39.9 Å². The first kappa shape index (κ1) is 24.7. The number of anilines is 1. The predicted octanol–water partition coefficient (Wildman–Crippen LogP) is 6.13. The summed E-state index contributed by atoms with van der Waals surface area (Å²) in [5.41, 5.74) is 3.22. The summed E-state index contributed by atoms with van der Waals surface area (Å²) in [5, 5.41) is 3.14. The number of amides is 1. The van der Waals surface area contributed by atoms with Crippen molar-refractivity contribution in [2.45, 2.75) is 45.8 Å². The molecule has 0 spiro atoms. The number of rotatable bonds is 5. The van der Waals surface area contributed by atoms with Gasteiger partial charge in [-0.3, -0.25) is 9.78 Å². The van der Waals surface area contributed by atoms with Crippen LogP contribution >= 0.6 is 0 Å². The average Bonchev–Trinajstić information content (AvgIpc) is 2.82. The fourth-order valence-electron chi connectivity index (χ4n) is 4.59. The Hall–Kier alpha value is -3.42. The summed E-state index contributed by atoms with van der Waals surface area (Å²) in [7, 11) is 0. The molecule has 35 heavy (non-hydrogen) atoms. The highest BCUT2D eigenvalue weighted by Gasteiger charge is 2.34. The third-order valence-electron chi connectivity index (χ3n) is 6.53. The minimum Gasteiger partial charge on any atom is -0.368 e. The van der Waals surface area contributed by atoms with Gasteiger partial charge in [0.1, 0.15) is 5.82 Å². The quantitative estimate of drug-likeness (QED) is 0.475. The van der Waals surface area contributed by atoms with Crippen molar-refractivity contribution in [3.8, 4) is 11.3 Å². The van der Waals surface area contributed by atoms with E-state index >= 15 is 0 Å². The van der Waals surface area contributed by atoms with Gasteiger partial charge in [-0.25, -0.2) is 4.98 Å². The molecule has 2 aromatic heterocycles. The number of hydrogen-bond acceptors (Lipinski definition) is 4. The van der Waals surface area contributed by atoms with E-state index in [4.69, 9.17) is 0 Å². The monoisotopic (exact) mass is 482 g/mol. The fourth-order valence-corrected chi connectivity index (χ4v) is 4.59. The zero-order valence-corrected chi connectivity index (χ0v) is 20.1. The molecule has 1 aliphatic rings. The van der Waals surface area contributed by atoms with Crippen LogP contribution in [0.25, 0.3) is 11.3 Å². The Bertz CT molecular complexity index is 1190. The zero-order chi connectivity index (χ0) is 25.2. The first-order chi connectivity index (χ1) is 16.6. The van der Waals surface area contributed by atoms with Crippen LogP contribution in [0.4, 0.5) is 19.0 Å². The smallest absolute Gasteiger partial charge is 0.368 e. The molecule has 0 bridgehead atoms. The molecule has 0 saturated carbocycles. The van der Waals surface area contributed by atoms with Crippen molar-refractivity contribution in [2.75, 3.05) is 18.4 Å². The molecular formula is C27H29F3N4O. The Morgan fingerprint density at radius 3 is 2.63 bits per heavy atom. The zero-order valence-electron chi connectivity index (χ0n) is 20.1. The highest BCUT2D eigenvalue weighted by atomic mass is 19.4. The highest BCUT2D eigenvalue weighted by Crippen LogP contribution is 2.31. The molecule has 0 aliphatic carbocycles. The summed E-state index contributed by atoms with van der Waals surface area (Å²) in [5.74, 6) is 0.508. The van der Waals surface area contributed by atoms with Crippen LogP contribution in [0.1, 0.15) is 46.9 Å².